The van der Waals surface area contributed by atoms with Crippen molar-refractivity contribution in [3.05, 3.63) is 92.7 Å². The molecule has 9 rings (SSSR count). The van der Waals surface area contributed by atoms with E-state index in [2.05, 4.69) is 22.4 Å². The van der Waals surface area contributed by atoms with Gasteiger partial charge in [0.15, 0.2) is 23.1 Å². The number of fused-ring (bicyclic) bond motifs is 3. The summed E-state index contributed by atoms with van der Waals surface area (Å²) in [4.78, 5) is 31.1. The zero-order chi connectivity index (χ0) is 29.1. The van der Waals surface area contributed by atoms with Crippen LogP contribution in [0.4, 0.5) is 5.69 Å². The first-order valence-corrected chi connectivity index (χ1v) is 15.9. The highest BCUT2D eigenvalue weighted by molar-refractivity contribution is 7.15. The minimum Gasteiger partial charge on any atom is -0.493 e. The number of nitrogens with one attached hydrogen (secondary N) is 1. The normalized spacial score (nSPS) is 24.6. The maximum Gasteiger partial charge on any atom is 0.274 e. The first-order valence-electron chi connectivity index (χ1n) is 15.1. The van der Waals surface area contributed by atoms with Crippen molar-refractivity contribution in [2.24, 2.45) is 17.8 Å². The summed E-state index contributed by atoms with van der Waals surface area (Å²) < 4.78 is 13.6. The van der Waals surface area contributed by atoms with Crippen molar-refractivity contribution in [3.63, 3.8) is 0 Å². The molecular weight excluding hydrogens is 558 g/mol. The van der Waals surface area contributed by atoms with Gasteiger partial charge in [-0.05, 0) is 115 Å². The van der Waals surface area contributed by atoms with Crippen LogP contribution >= 0.6 is 11.3 Å². The zero-order valence-electron chi connectivity index (χ0n) is 24.0. The predicted octanol–water partition coefficient (Wildman–Crippen LogP) is 5.95. The number of para-hydroxylation sites is 2. The largest absolute Gasteiger partial charge is 0.493 e. The molecule has 1 amide bonds. The van der Waals surface area contributed by atoms with E-state index in [0.717, 1.165) is 40.0 Å². The maximum atomic E-state index is 13.1. The highest BCUT2D eigenvalue weighted by Crippen LogP contribution is 2.60. The fourth-order valence-electron chi connectivity index (χ4n) is 8.37. The molecular formula is C35H33N3O4S. The Labute approximate surface area is 253 Å². The molecule has 0 saturated heterocycles. The van der Waals surface area contributed by atoms with Crippen LogP contribution < -0.4 is 24.9 Å². The number of ether oxygens (including phenoxy) is 2. The second kappa shape index (κ2) is 10.2. The van der Waals surface area contributed by atoms with E-state index in [9.17, 15) is 9.59 Å². The van der Waals surface area contributed by atoms with E-state index < -0.39 is 0 Å². The molecule has 2 aromatic heterocycles. The summed E-state index contributed by atoms with van der Waals surface area (Å²) >= 11 is 1.35. The summed E-state index contributed by atoms with van der Waals surface area (Å²) in [5.41, 5.74) is 4.86. The van der Waals surface area contributed by atoms with Crippen molar-refractivity contribution in [2.75, 3.05) is 19.0 Å². The molecule has 4 fully saturated rings. The molecule has 43 heavy (non-hydrogen) atoms. The van der Waals surface area contributed by atoms with Crippen LogP contribution in [0, 0.1) is 17.8 Å². The average Bonchev–Trinajstić information content (AvgIpc) is 3.51. The molecule has 0 spiro atoms. The van der Waals surface area contributed by atoms with E-state index >= 15 is 0 Å². The lowest BCUT2D eigenvalue weighted by molar-refractivity contribution is -0.118. The highest BCUT2D eigenvalue weighted by atomic mass is 32.1. The number of aromatic nitrogens is 2. The summed E-state index contributed by atoms with van der Waals surface area (Å²) in [6.07, 6.45) is 10.1. The second-order valence-electron chi connectivity index (χ2n) is 12.7. The highest BCUT2D eigenvalue weighted by Gasteiger charge is 2.51. The van der Waals surface area contributed by atoms with E-state index in [1.807, 2.05) is 48.5 Å². The number of hydrogen-bond acceptors (Lipinski definition) is 6. The summed E-state index contributed by atoms with van der Waals surface area (Å²) in [6.45, 7) is -0.143. The van der Waals surface area contributed by atoms with Crippen LogP contribution in [0.2, 0.25) is 0 Å². The Morgan fingerprint density at radius 3 is 2.44 bits per heavy atom. The van der Waals surface area contributed by atoms with Crippen molar-refractivity contribution < 1.29 is 14.3 Å². The van der Waals surface area contributed by atoms with Crippen molar-refractivity contribution in [3.8, 4) is 11.5 Å². The fraction of sp³-hybridized carbons (Fsp3) is 0.343. The fourth-order valence-corrected chi connectivity index (χ4v) is 9.36. The van der Waals surface area contributed by atoms with Gasteiger partial charge in [-0.15, -0.1) is 0 Å². The molecule has 4 bridgehead atoms. The van der Waals surface area contributed by atoms with E-state index in [1.54, 1.807) is 23.6 Å². The lowest BCUT2D eigenvalue weighted by atomic mass is 9.48. The minimum absolute atomic E-state index is 0.101. The zero-order valence-corrected chi connectivity index (χ0v) is 24.9. The van der Waals surface area contributed by atoms with Gasteiger partial charge in [0.2, 0.25) is 0 Å². The Kier molecular flexibility index (Phi) is 6.29. The van der Waals surface area contributed by atoms with E-state index in [1.165, 1.54) is 55.4 Å². The van der Waals surface area contributed by atoms with Gasteiger partial charge < -0.3 is 14.8 Å². The molecule has 4 aliphatic rings. The predicted molar refractivity (Wildman–Crippen MR) is 169 cm³/mol. The van der Waals surface area contributed by atoms with Gasteiger partial charge in [-0.1, -0.05) is 41.7 Å². The van der Waals surface area contributed by atoms with Crippen LogP contribution in [-0.4, -0.2) is 29.0 Å². The third kappa shape index (κ3) is 4.68. The second-order valence-corrected chi connectivity index (χ2v) is 13.7. The van der Waals surface area contributed by atoms with Crippen molar-refractivity contribution >= 4 is 45.0 Å². The number of carbonyl (C=O) groups excluding carboxylic acids is 1. The molecule has 7 nitrogen and oxygen atoms in total. The first kappa shape index (κ1) is 26.5. The summed E-state index contributed by atoms with van der Waals surface area (Å²) in [5, 5.41) is 2.97. The number of thiazole rings is 1. The van der Waals surface area contributed by atoms with Crippen molar-refractivity contribution in [1.29, 1.82) is 0 Å². The lowest BCUT2D eigenvalue weighted by Crippen LogP contribution is -2.48. The Morgan fingerprint density at radius 2 is 1.72 bits per heavy atom. The van der Waals surface area contributed by atoms with Gasteiger partial charge in [-0.25, -0.2) is 9.38 Å². The first-order chi connectivity index (χ1) is 21.0. The molecule has 0 unspecified atom stereocenters. The summed E-state index contributed by atoms with van der Waals surface area (Å²) in [6, 6.07) is 21.5. The van der Waals surface area contributed by atoms with Crippen LogP contribution in [0.15, 0.2) is 71.5 Å². The quantitative estimate of drug-likeness (QED) is 0.253. The Bertz CT molecular complexity index is 1940. The van der Waals surface area contributed by atoms with Crippen molar-refractivity contribution in [1.82, 2.24) is 9.38 Å². The summed E-state index contributed by atoms with van der Waals surface area (Å²) in [5.74, 6) is 3.42. The van der Waals surface area contributed by atoms with Gasteiger partial charge in [0.1, 0.15) is 0 Å². The number of anilines is 1. The molecule has 4 saturated carbocycles. The van der Waals surface area contributed by atoms with Crippen LogP contribution in [0.5, 0.6) is 11.5 Å². The Hall–Kier alpha value is -4.17. The number of benzene rings is 3. The van der Waals surface area contributed by atoms with E-state index in [4.69, 9.17) is 9.47 Å². The topological polar surface area (TPSA) is 81.9 Å². The number of rotatable bonds is 7. The van der Waals surface area contributed by atoms with E-state index in [0.29, 0.717) is 26.4 Å². The molecule has 0 atom stereocenters. The third-order valence-electron chi connectivity index (χ3n) is 9.81. The van der Waals surface area contributed by atoms with Crippen LogP contribution in [0.3, 0.4) is 0 Å². The van der Waals surface area contributed by atoms with E-state index in [-0.39, 0.29) is 18.1 Å². The van der Waals surface area contributed by atoms with Gasteiger partial charge in [0.05, 0.1) is 22.7 Å². The molecule has 5 aromatic rings. The Balaban J connectivity index is 0.938. The molecule has 0 radical (unpaired) electrons. The van der Waals surface area contributed by atoms with Crippen molar-refractivity contribution in [2.45, 2.75) is 43.9 Å². The summed E-state index contributed by atoms with van der Waals surface area (Å²) in [7, 11) is 1.56. The minimum atomic E-state index is -0.231. The lowest BCUT2D eigenvalue weighted by Gasteiger charge is -2.57. The van der Waals surface area contributed by atoms with Crippen LogP contribution in [0.1, 0.15) is 49.7 Å². The number of nitrogens with zero attached hydrogens (tertiary/aromatic N) is 2. The van der Waals surface area contributed by atoms with Gasteiger partial charge in [0.25, 0.3) is 11.5 Å². The third-order valence-corrected chi connectivity index (χ3v) is 10.8. The van der Waals surface area contributed by atoms with Gasteiger partial charge in [-0.2, -0.15) is 0 Å². The maximum absolute atomic E-state index is 13.1. The molecule has 1 N–H and O–H groups in total. The SMILES string of the molecule is COc1cc(/C=c2\sc3nc4ccccc4n3c2=O)ccc1OCC(=O)Nc1ccc(C23CC4CC(CC(C4)C2)C3)cc1. The smallest absolute Gasteiger partial charge is 0.274 e. The van der Waals surface area contributed by atoms with Gasteiger partial charge >= 0.3 is 0 Å². The molecule has 218 valence electrons. The van der Waals surface area contributed by atoms with Crippen LogP contribution in [0.25, 0.3) is 22.1 Å². The van der Waals surface area contributed by atoms with Gasteiger partial charge in [-0.3, -0.25) is 9.59 Å². The molecule has 2 heterocycles. The van der Waals surface area contributed by atoms with Crippen LogP contribution in [-0.2, 0) is 10.2 Å². The molecule has 3 aromatic carbocycles. The number of hydrogen-bond donors (Lipinski definition) is 1. The Morgan fingerprint density at radius 1 is 1.00 bits per heavy atom. The standard InChI is InChI=1S/C35H33N3O4S/c1-41-30-15-21(16-31-33(40)38-28-5-3-2-4-27(28)37-34(38)43-31)6-11-29(30)42-20-32(39)36-26-9-7-25(8-10-26)35-17-22-12-23(18-35)14-24(13-22)19-35/h2-11,15-16,22-24H,12-14,17-20H2,1H3,(H,36,39)/b31-16-. The monoisotopic (exact) mass is 591 g/mol. The van der Waals surface area contributed by atoms with Gasteiger partial charge in [0, 0.05) is 5.69 Å². The number of methoxy groups -OCH3 is 1. The molecule has 0 aliphatic heterocycles. The number of imidazole rings is 1. The molecule has 4 aliphatic carbocycles. The number of amides is 1. The number of carbonyl (C=O) groups is 1. The average molecular weight is 592 g/mol. The molecule has 8 heteroatoms.